The molecular weight excluding hydrogens is 312 g/mol. The van der Waals surface area contributed by atoms with Gasteiger partial charge in [0.05, 0.1) is 18.5 Å². The van der Waals surface area contributed by atoms with Gasteiger partial charge in [-0.3, -0.25) is 14.5 Å². The van der Waals surface area contributed by atoms with Crippen molar-refractivity contribution in [3.8, 4) is 0 Å². The van der Waals surface area contributed by atoms with Gasteiger partial charge >= 0.3 is 5.97 Å². The summed E-state index contributed by atoms with van der Waals surface area (Å²) in [6.45, 7) is 7.90. The number of nitrogens with zero attached hydrogens (tertiary/aromatic N) is 2. The molecule has 0 aromatic carbocycles. The molecule has 1 saturated heterocycles. The third-order valence-corrected chi connectivity index (χ3v) is 5.16. The van der Waals surface area contributed by atoms with Gasteiger partial charge in [0.2, 0.25) is 5.91 Å². The van der Waals surface area contributed by atoms with Crippen molar-refractivity contribution in [2.24, 2.45) is 5.92 Å². The lowest BCUT2D eigenvalue weighted by Crippen LogP contribution is -2.51. The van der Waals surface area contributed by atoms with Crippen LogP contribution in [-0.4, -0.2) is 52.5 Å². The van der Waals surface area contributed by atoms with Crippen LogP contribution in [0, 0.1) is 5.92 Å². The van der Waals surface area contributed by atoms with E-state index in [4.69, 9.17) is 0 Å². The molecule has 1 N–H and O–H groups in total. The van der Waals surface area contributed by atoms with Gasteiger partial charge in [-0.2, -0.15) is 0 Å². The molecule has 5 nitrogen and oxygen atoms in total. The molecule has 1 aromatic rings. The Bertz CT molecular complexity index is 544. The maximum Gasteiger partial charge on any atom is 0.307 e. The highest BCUT2D eigenvalue weighted by atomic mass is 32.1. The number of amides is 1. The van der Waals surface area contributed by atoms with E-state index in [9.17, 15) is 14.7 Å². The van der Waals surface area contributed by atoms with Gasteiger partial charge in [0.1, 0.15) is 0 Å². The lowest BCUT2D eigenvalue weighted by Gasteiger charge is -2.36. The van der Waals surface area contributed by atoms with Gasteiger partial charge < -0.3 is 10.0 Å². The zero-order chi connectivity index (χ0) is 16.8. The second-order valence-electron chi connectivity index (χ2n) is 5.94. The van der Waals surface area contributed by atoms with Crippen LogP contribution >= 0.6 is 11.3 Å². The topological polar surface area (TPSA) is 60.9 Å². The smallest absolute Gasteiger partial charge is 0.307 e. The maximum atomic E-state index is 12.8. The van der Waals surface area contributed by atoms with E-state index < -0.39 is 5.97 Å². The van der Waals surface area contributed by atoms with Gasteiger partial charge in [0, 0.05) is 18.0 Å². The quantitative estimate of drug-likeness (QED) is 0.777. The molecule has 0 saturated carbocycles. The Hall–Kier alpha value is -1.66. The average molecular weight is 336 g/mol. The van der Waals surface area contributed by atoms with Gasteiger partial charge in [-0.25, -0.2) is 0 Å². The normalized spacial score (nSPS) is 20.0. The molecule has 0 spiro atoms. The number of hydrogen-bond acceptors (Lipinski definition) is 4. The number of carboxylic acid groups (broad SMARTS) is 1. The number of piperidine rings is 1. The van der Waals surface area contributed by atoms with Crippen LogP contribution in [-0.2, 0) is 16.1 Å². The highest BCUT2D eigenvalue weighted by Gasteiger charge is 2.32. The highest BCUT2D eigenvalue weighted by molar-refractivity contribution is 7.09. The molecule has 0 aliphatic carbocycles. The summed E-state index contributed by atoms with van der Waals surface area (Å²) in [5.74, 6) is -1.11. The van der Waals surface area contributed by atoms with Crippen molar-refractivity contribution in [2.45, 2.75) is 32.4 Å². The first kappa shape index (κ1) is 17.7. The van der Waals surface area contributed by atoms with E-state index in [1.807, 2.05) is 29.3 Å². The Labute approximate surface area is 141 Å². The Morgan fingerprint density at radius 3 is 3.00 bits per heavy atom. The summed E-state index contributed by atoms with van der Waals surface area (Å²) in [5, 5.41) is 11.2. The van der Waals surface area contributed by atoms with E-state index in [2.05, 4.69) is 6.58 Å². The molecule has 1 aromatic heterocycles. The van der Waals surface area contributed by atoms with E-state index in [1.165, 1.54) is 0 Å². The van der Waals surface area contributed by atoms with E-state index >= 15 is 0 Å². The number of aliphatic carboxylic acids is 1. The summed E-state index contributed by atoms with van der Waals surface area (Å²) in [4.78, 5) is 28.9. The second-order valence-corrected chi connectivity index (χ2v) is 6.97. The second kappa shape index (κ2) is 8.26. The summed E-state index contributed by atoms with van der Waals surface area (Å²) in [5.41, 5.74) is 0. The highest BCUT2D eigenvalue weighted by Crippen LogP contribution is 2.20. The lowest BCUT2D eigenvalue weighted by molar-refractivity contribution is -0.146. The molecular formula is C17H24N2O3S. The number of carbonyl (C=O) groups is 2. The Balaban J connectivity index is 2.02. The van der Waals surface area contributed by atoms with E-state index in [0.717, 1.165) is 17.8 Å². The van der Waals surface area contributed by atoms with Gasteiger partial charge in [-0.05, 0) is 37.8 Å². The monoisotopic (exact) mass is 336 g/mol. The average Bonchev–Trinajstić information content (AvgIpc) is 3.06. The summed E-state index contributed by atoms with van der Waals surface area (Å²) < 4.78 is 0. The first-order valence-corrected chi connectivity index (χ1v) is 8.79. The van der Waals surface area contributed by atoms with Gasteiger partial charge in [0.25, 0.3) is 0 Å². The molecule has 2 unspecified atom stereocenters. The van der Waals surface area contributed by atoms with Crippen LogP contribution in [0.2, 0.25) is 0 Å². The van der Waals surface area contributed by atoms with Crippen LogP contribution < -0.4 is 0 Å². The zero-order valence-electron chi connectivity index (χ0n) is 13.5. The number of carboxylic acids is 1. The van der Waals surface area contributed by atoms with Crippen molar-refractivity contribution in [3.05, 3.63) is 35.0 Å². The molecule has 1 aliphatic rings. The van der Waals surface area contributed by atoms with Crippen LogP contribution in [0.4, 0.5) is 0 Å². The Morgan fingerprint density at radius 1 is 1.61 bits per heavy atom. The largest absolute Gasteiger partial charge is 0.481 e. The van der Waals surface area contributed by atoms with Crippen LogP contribution in [0.25, 0.3) is 0 Å². The zero-order valence-corrected chi connectivity index (χ0v) is 14.3. The molecule has 2 atom stereocenters. The molecule has 0 radical (unpaired) electrons. The number of hydrogen-bond donors (Lipinski definition) is 1. The third kappa shape index (κ3) is 4.65. The van der Waals surface area contributed by atoms with Crippen LogP contribution in [0.5, 0.6) is 0 Å². The molecule has 126 valence electrons. The molecule has 1 amide bonds. The maximum absolute atomic E-state index is 12.8. The summed E-state index contributed by atoms with van der Waals surface area (Å²) in [6.07, 6.45) is 3.24. The predicted molar refractivity (Wildman–Crippen MR) is 91.3 cm³/mol. The minimum Gasteiger partial charge on any atom is -0.481 e. The van der Waals surface area contributed by atoms with Crippen LogP contribution in [0.1, 0.15) is 24.6 Å². The number of carbonyl (C=O) groups excluding carboxylic acids is 1. The summed E-state index contributed by atoms with van der Waals surface area (Å²) in [7, 11) is 0. The summed E-state index contributed by atoms with van der Waals surface area (Å²) >= 11 is 1.63. The third-order valence-electron chi connectivity index (χ3n) is 4.30. The van der Waals surface area contributed by atoms with Crippen molar-refractivity contribution in [3.63, 3.8) is 0 Å². The molecule has 2 heterocycles. The van der Waals surface area contributed by atoms with Crippen molar-refractivity contribution in [1.82, 2.24) is 9.80 Å². The molecule has 1 aliphatic heterocycles. The number of rotatable bonds is 7. The minimum absolute atomic E-state index is 0.0318. The number of likely N-dealkylation sites (tertiary alicyclic amines) is 1. The lowest BCUT2D eigenvalue weighted by atomic mass is 9.97. The van der Waals surface area contributed by atoms with Gasteiger partial charge in [-0.1, -0.05) is 12.1 Å². The van der Waals surface area contributed by atoms with Crippen molar-refractivity contribution in [1.29, 1.82) is 0 Å². The Morgan fingerprint density at radius 2 is 2.39 bits per heavy atom. The standard InChI is InChI=1S/C17H24N2O3S/c1-3-8-19(12-15-7-5-10-23-15)16(20)13(2)18-9-4-6-14(11-18)17(21)22/h3,5,7,10,13-14H,1,4,6,8-9,11-12H2,2H3,(H,21,22). The predicted octanol–water partition coefficient (Wildman–Crippen LogP) is 2.45. The Kier molecular flexibility index (Phi) is 6.36. The van der Waals surface area contributed by atoms with Crippen LogP contribution in [0.15, 0.2) is 30.2 Å². The first-order valence-electron chi connectivity index (χ1n) is 7.91. The molecule has 1 fully saturated rings. The fourth-order valence-electron chi connectivity index (χ4n) is 2.96. The number of thiophene rings is 1. The van der Waals surface area contributed by atoms with E-state index in [-0.39, 0.29) is 17.9 Å². The van der Waals surface area contributed by atoms with Crippen LogP contribution in [0.3, 0.4) is 0 Å². The molecule has 0 bridgehead atoms. The van der Waals surface area contributed by atoms with Crippen molar-refractivity contribution in [2.75, 3.05) is 19.6 Å². The van der Waals surface area contributed by atoms with Gasteiger partial charge in [0.15, 0.2) is 0 Å². The van der Waals surface area contributed by atoms with Crippen molar-refractivity contribution < 1.29 is 14.7 Å². The molecule has 23 heavy (non-hydrogen) atoms. The fourth-order valence-corrected chi connectivity index (χ4v) is 3.68. The summed E-state index contributed by atoms with van der Waals surface area (Å²) in [6, 6.07) is 3.68. The molecule has 6 heteroatoms. The SMILES string of the molecule is C=CCN(Cc1cccs1)C(=O)C(C)N1CCCC(C(=O)O)C1. The first-order chi connectivity index (χ1) is 11.0. The van der Waals surface area contributed by atoms with E-state index in [1.54, 1.807) is 22.3 Å². The fraction of sp³-hybridized carbons (Fsp3) is 0.529. The van der Waals surface area contributed by atoms with Crippen molar-refractivity contribution >= 4 is 23.2 Å². The molecule has 2 rings (SSSR count). The van der Waals surface area contributed by atoms with Gasteiger partial charge in [-0.15, -0.1) is 17.9 Å². The minimum atomic E-state index is -0.768. The van der Waals surface area contributed by atoms with E-state index in [0.29, 0.717) is 26.1 Å².